The molecule has 0 spiro atoms. The van der Waals surface area contributed by atoms with Gasteiger partial charge in [-0.05, 0) is 38.5 Å². The summed E-state index contributed by atoms with van der Waals surface area (Å²) >= 11 is 0. The largest absolute Gasteiger partial charge is 0.467 e. The molecule has 0 fully saturated rings. The molecule has 42 heavy (non-hydrogen) atoms. The lowest BCUT2D eigenvalue weighted by Gasteiger charge is -2.16. The quantitative estimate of drug-likeness (QED) is 0.0697. The van der Waals surface area contributed by atoms with Gasteiger partial charge in [-0.2, -0.15) is 0 Å². The van der Waals surface area contributed by atoms with Gasteiger partial charge in [0.1, 0.15) is 6.04 Å². The Hall–Kier alpha value is -2.71. The minimum absolute atomic E-state index is 0.0411. The van der Waals surface area contributed by atoms with Crippen molar-refractivity contribution in [2.45, 2.75) is 148 Å². The minimum Gasteiger partial charge on any atom is -0.467 e. The van der Waals surface area contributed by atoms with E-state index in [0.29, 0.717) is 58.0 Å². The Balaban J connectivity index is 2.03. The normalized spacial score (nSPS) is 13.4. The van der Waals surface area contributed by atoms with Gasteiger partial charge >= 0.3 is 5.97 Å². The number of unbranched alkanes of at least 4 members (excludes halogenated alkanes) is 15. The van der Waals surface area contributed by atoms with E-state index in [2.05, 4.69) is 17.6 Å². The van der Waals surface area contributed by atoms with Crippen LogP contribution in [0.1, 0.15) is 142 Å². The number of ether oxygens (including phenoxy) is 1. The zero-order valence-corrected chi connectivity index (χ0v) is 26.4. The molecule has 2 N–H and O–H groups in total. The van der Waals surface area contributed by atoms with E-state index in [4.69, 9.17) is 4.74 Å². The molecule has 1 heterocycles. The molecule has 9 nitrogen and oxygen atoms in total. The number of imide groups is 1. The lowest BCUT2D eigenvalue weighted by Crippen LogP contribution is -2.41. The molecule has 9 heteroatoms. The SMILES string of the molecule is CCCCCCCCCCCCCCCC(=O)N[C@@H](CCCCNC(=O)CCCCCN1C(=O)C=CC1=O)C(=O)OC. The predicted octanol–water partition coefficient (Wildman–Crippen LogP) is 5.90. The van der Waals surface area contributed by atoms with Crippen molar-refractivity contribution in [2.24, 2.45) is 0 Å². The van der Waals surface area contributed by atoms with Gasteiger partial charge in [-0.3, -0.25) is 24.1 Å². The molecule has 0 saturated carbocycles. The summed E-state index contributed by atoms with van der Waals surface area (Å²) in [7, 11) is 1.33. The maximum absolute atomic E-state index is 12.4. The third kappa shape index (κ3) is 18.7. The third-order valence-corrected chi connectivity index (χ3v) is 7.76. The molecule has 1 aliphatic heterocycles. The Morgan fingerprint density at radius 2 is 1.19 bits per heavy atom. The fourth-order valence-electron chi connectivity index (χ4n) is 5.13. The topological polar surface area (TPSA) is 122 Å². The standard InChI is InChI=1S/C33H57N3O6/c1-3-4-5-6-7-8-9-10-11-12-13-14-16-23-30(38)35-28(33(41)42-2)21-18-19-26-34-29(37)22-17-15-20-27-36-31(39)24-25-32(36)40/h24-25,28H,3-23,26-27H2,1-2H3,(H,34,37)(H,35,38)/t28-/m0/s1. The fourth-order valence-corrected chi connectivity index (χ4v) is 5.13. The van der Waals surface area contributed by atoms with Crippen LogP contribution in [0.25, 0.3) is 0 Å². The molecule has 0 aromatic rings. The summed E-state index contributed by atoms with van der Waals surface area (Å²) in [6.45, 7) is 3.13. The summed E-state index contributed by atoms with van der Waals surface area (Å²) in [5.41, 5.74) is 0. The average Bonchev–Trinajstić information content (AvgIpc) is 3.30. The Kier molecular flexibility index (Phi) is 22.1. The van der Waals surface area contributed by atoms with Gasteiger partial charge < -0.3 is 15.4 Å². The number of hydrogen-bond donors (Lipinski definition) is 2. The van der Waals surface area contributed by atoms with Crippen LogP contribution in [0.15, 0.2) is 12.2 Å². The summed E-state index contributed by atoms with van der Waals surface area (Å²) in [4.78, 5) is 60.8. The number of hydrogen-bond acceptors (Lipinski definition) is 6. The van der Waals surface area contributed by atoms with Gasteiger partial charge in [-0.25, -0.2) is 4.79 Å². The zero-order valence-electron chi connectivity index (χ0n) is 26.4. The summed E-state index contributed by atoms with van der Waals surface area (Å²) < 4.78 is 4.87. The first-order chi connectivity index (χ1) is 20.4. The van der Waals surface area contributed by atoms with Crippen molar-refractivity contribution in [3.05, 3.63) is 12.2 Å². The van der Waals surface area contributed by atoms with Crippen molar-refractivity contribution >= 4 is 29.6 Å². The fraction of sp³-hybridized carbons (Fsp3) is 0.788. The van der Waals surface area contributed by atoms with E-state index >= 15 is 0 Å². The third-order valence-electron chi connectivity index (χ3n) is 7.76. The van der Waals surface area contributed by atoms with E-state index in [1.54, 1.807) is 0 Å². The Morgan fingerprint density at radius 3 is 1.74 bits per heavy atom. The first kappa shape index (κ1) is 37.3. The Morgan fingerprint density at radius 1 is 0.690 bits per heavy atom. The van der Waals surface area contributed by atoms with Crippen molar-refractivity contribution < 1.29 is 28.7 Å². The maximum atomic E-state index is 12.4. The number of amides is 4. The number of rotatable bonds is 27. The molecule has 0 aromatic carbocycles. The van der Waals surface area contributed by atoms with Crippen LogP contribution in [0.2, 0.25) is 0 Å². The van der Waals surface area contributed by atoms with Crippen LogP contribution in [0.3, 0.4) is 0 Å². The summed E-state index contributed by atoms with van der Waals surface area (Å²) in [5.74, 6) is -1.15. The molecule has 1 aliphatic rings. The molecule has 1 atom stereocenters. The Labute approximate surface area is 254 Å². The molecule has 0 bridgehead atoms. The second kappa shape index (κ2) is 24.8. The minimum atomic E-state index is -0.662. The molecule has 1 rings (SSSR count). The first-order valence-corrected chi connectivity index (χ1v) is 16.6. The zero-order chi connectivity index (χ0) is 30.8. The highest BCUT2D eigenvalue weighted by molar-refractivity contribution is 6.12. The van der Waals surface area contributed by atoms with Crippen LogP contribution >= 0.6 is 0 Å². The lowest BCUT2D eigenvalue weighted by molar-refractivity contribution is -0.145. The van der Waals surface area contributed by atoms with Crippen LogP contribution in [-0.4, -0.2) is 60.7 Å². The molecule has 0 aliphatic carbocycles. The first-order valence-electron chi connectivity index (χ1n) is 16.6. The highest BCUT2D eigenvalue weighted by atomic mass is 16.5. The molecule has 0 unspecified atom stereocenters. The van der Waals surface area contributed by atoms with Gasteiger partial charge in [-0.15, -0.1) is 0 Å². The maximum Gasteiger partial charge on any atom is 0.328 e. The molecule has 0 saturated heterocycles. The smallest absolute Gasteiger partial charge is 0.328 e. The van der Waals surface area contributed by atoms with Crippen LogP contribution in [-0.2, 0) is 28.7 Å². The van der Waals surface area contributed by atoms with E-state index in [1.807, 2.05) is 0 Å². The summed E-state index contributed by atoms with van der Waals surface area (Å²) in [6.07, 6.45) is 23.6. The van der Waals surface area contributed by atoms with Crippen molar-refractivity contribution in [3.63, 3.8) is 0 Å². The molecule has 0 radical (unpaired) electrons. The van der Waals surface area contributed by atoms with Crippen molar-refractivity contribution in [2.75, 3.05) is 20.2 Å². The summed E-state index contributed by atoms with van der Waals surface area (Å²) in [6, 6.07) is -0.662. The monoisotopic (exact) mass is 591 g/mol. The van der Waals surface area contributed by atoms with Gasteiger partial charge in [-0.1, -0.05) is 90.4 Å². The average molecular weight is 592 g/mol. The highest BCUT2D eigenvalue weighted by Gasteiger charge is 2.22. The van der Waals surface area contributed by atoms with Crippen molar-refractivity contribution in [1.29, 1.82) is 0 Å². The predicted molar refractivity (Wildman–Crippen MR) is 165 cm³/mol. The molecule has 0 aromatic heterocycles. The number of carbonyl (C=O) groups is 5. The number of esters is 1. The molecular formula is C33H57N3O6. The van der Waals surface area contributed by atoms with E-state index < -0.39 is 12.0 Å². The van der Waals surface area contributed by atoms with Crippen molar-refractivity contribution in [1.82, 2.24) is 15.5 Å². The highest BCUT2D eigenvalue weighted by Crippen LogP contribution is 2.13. The molecule has 240 valence electrons. The summed E-state index contributed by atoms with van der Waals surface area (Å²) in [5, 5.41) is 5.71. The molecular weight excluding hydrogens is 534 g/mol. The number of carbonyl (C=O) groups excluding carboxylic acids is 5. The number of nitrogens with one attached hydrogen (secondary N) is 2. The lowest BCUT2D eigenvalue weighted by atomic mass is 10.0. The number of methoxy groups -OCH3 is 1. The second-order valence-corrected chi connectivity index (χ2v) is 11.5. The molecule has 4 amide bonds. The van der Waals surface area contributed by atoms with Crippen LogP contribution in [0.5, 0.6) is 0 Å². The van der Waals surface area contributed by atoms with Crippen LogP contribution in [0.4, 0.5) is 0 Å². The van der Waals surface area contributed by atoms with Gasteiger partial charge in [0.2, 0.25) is 11.8 Å². The van der Waals surface area contributed by atoms with E-state index in [1.165, 1.54) is 88.4 Å². The van der Waals surface area contributed by atoms with E-state index in [9.17, 15) is 24.0 Å². The Bertz CT molecular complexity index is 811. The van der Waals surface area contributed by atoms with Gasteiger partial charge in [0.05, 0.1) is 7.11 Å². The van der Waals surface area contributed by atoms with E-state index in [-0.39, 0.29) is 23.6 Å². The van der Waals surface area contributed by atoms with Crippen LogP contribution in [0, 0.1) is 0 Å². The second-order valence-electron chi connectivity index (χ2n) is 11.5. The van der Waals surface area contributed by atoms with Gasteiger partial charge in [0.25, 0.3) is 11.8 Å². The van der Waals surface area contributed by atoms with Gasteiger partial charge in [0, 0.05) is 38.1 Å². The van der Waals surface area contributed by atoms with Gasteiger partial charge in [0.15, 0.2) is 0 Å². The van der Waals surface area contributed by atoms with E-state index in [0.717, 1.165) is 25.7 Å². The van der Waals surface area contributed by atoms with Crippen LogP contribution < -0.4 is 10.6 Å². The number of nitrogens with zero attached hydrogens (tertiary/aromatic N) is 1. The van der Waals surface area contributed by atoms with Crippen molar-refractivity contribution in [3.8, 4) is 0 Å².